The van der Waals surface area contributed by atoms with Gasteiger partial charge in [0.2, 0.25) is 0 Å². The van der Waals surface area contributed by atoms with Crippen LogP contribution in [0.1, 0.15) is 23.6 Å². The molecule has 0 aliphatic carbocycles. The number of aryl methyl sites for hydroxylation is 3. The Morgan fingerprint density at radius 1 is 1.05 bits per heavy atom. The molecule has 0 radical (unpaired) electrons. The first-order valence-electron chi connectivity index (χ1n) is 6.82. The second-order valence-corrected chi connectivity index (χ2v) is 5.36. The molecule has 2 nitrogen and oxygen atoms in total. The van der Waals surface area contributed by atoms with Crippen LogP contribution in [0.25, 0.3) is 0 Å². The molecule has 2 aromatic carbocycles. The molecule has 2 rings (SSSR count). The lowest BCUT2D eigenvalue weighted by molar-refractivity contribution is 1.14. The number of anilines is 2. The summed E-state index contributed by atoms with van der Waals surface area (Å²) >= 11 is 5.38. The van der Waals surface area contributed by atoms with Crippen LogP contribution in [0.15, 0.2) is 42.5 Å². The van der Waals surface area contributed by atoms with Crippen LogP contribution in [-0.2, 0) is 6.42 Å². The maximum Gasteiger partial charge on any atom is 0.175 e. The number of nitrogens with one attached hydrogen (secondary N) is 2. The van der Waals surface area contributed by atoms with Crippen LogP contribution in [0.4, 0.5) is 11.4 Å². The van der Waals surface area contributed by atoms with Crippen molar-refractivity contribution >= 4 is 28.7 Å². The molecule has 0 saturated carbocycles. The lowest BCUT2D eigenvalue weighted by Crippen LogP contribution is -2.19. The van der Waals surface area contributed by atoms with Crippen LogP contribution in [0, 0.1) is 13.8 Å². The van der Waals surface area contributed by atoms with Crippen molar-refractivity contribution in [2.45, 2.75) is 27.2 Å². The minimum absolute atomic E-state index is 0.618. The van der Waals surface area contributed by atoms with Crippen LogP contribution >= 0.6 is 12.2 Å². The standard InChI is InChI=1S/C17H20N2S/c1-4-14-6-5-7-15(11-14)18-17(20)19-16-10-12(2)8-9-13(16)3/h5-11H,4H2,1-3H3,(H2,18,19,20). The first-order valence-corrected chi connectivity index (χ1v) is 7.23. The first-order chi connectivity index (χ1) is 9.58. The molecule has 3 heteroatoms. The third-order valence-electron chi connectivity index (χ3n) is 3.23. The van der Waals surface area contributed by atoms with E-state index in [4.69, 9.17) is 12.2 Å². The van der Waals surface area contributed by atoms with Gasteiger partial charge in [0.05, 0.1) is 0 Å². The van der Waals surface area contributed by atoms with Gasteiger partial charge in [-0.15, -0.1) is 0 Å². The second kappa shape index (κ2) is 6.53. The molecular formula is C17H20N2S. The average Bonchev–Trinajstić information content (AvgIpc) is 2.43. The van der Waals surface area contributed by atoms with Crippen molar-refractivity contribution < 1.29 is 0 Å². The van der Waals surface area contributed by atoms with E-state index in [1.165, 1.54) is 16.7 Å². The summed E-state index contributed by atoms with van der Waals surface area (Å²) in [4.78, 5) is 0. The van der Waals surface area contributed by atoms with Crippen LogP contribution in [0.5, 0.6) is 0 Å². The minimum Gasteiger partial charge on any atom is -0.332 e. The maximum atomic E-state index is 5.38. The molecule has 0 saturated heterocycles. The van der Waals surface area contributed by atoms with Gasteiger partial charge in [-0.2, -0.15) is 0 Å². The predicted octanol–water partition coefficient (Wildman–Crippen LogP) is 4.67. The summed E-state index contributed by atoms with van der Waals surface area (Å²) in [6.45, 7) is 6.29. The number of hydrogen-bond donors (Lipinski definition) is 2. The molecule has 0 heterocycles. The van der Waals surface area contributed by atoms with Crippen LogP contribution in [0.3, 0.4) is 0 Å². The molecule has 20 heavy (non-hydrogen) atoms. The van der Waals surface area contributed by atoms with Crippen molar-refractivity contribution in [3.8, 4) is 0 Å². The Bertz CT molecular complexity index is 620. The summed E-state index contributed by atoms with van der Waals surface area (Å²) in [7, 11) is 0. The highest BCUT2D eigenvalue weighted by Gasteiger charge is 2.02. The Labute approximate surface area is 126 Å². The summed E-state index contributed by atoms with van der Waals surface area (Å²) in [5, 5.41) is 7.11. The largest absolute Gasteiger partial charge is 0.332 e. The van der Waals surface area contributed by atoms with E-state index in [-0.39, 0.29) is 0 Å². The second-order valence-electron chi connectivity index (χ2n) is 4.95. The SMILES string of the molecule is CCc1cccc(NC(=S)Nc2cc(C)ccc2C)c1. The van der Waals surface area contributed by atoms with Gasteiger partial charge in [0, 0.05) is 11.4 Å². The highest BCUT2D eigenvalue weighted by molar-refractivity contribution is 7.80. The Balaban J connectivity index is 2.07. The fourth-order valence-corrected chi connectivity index (χ4v) is 2.25. The lowest BCUT2D eigenvalue weighted by Gasteiger charge is -2.13. The Kier molecular flexibility index (Phi) is 4.74. The Morgan fingerprint density at radius 2 is 1.85 bits per heavy atom. The van der Waals surface area contributed by atoms with Crippen molar-refractivity contribution in [2.24, 2.45) is 0 Å². The van der Waals surface area contributed by atoms with Crippen molar-refractivity contribution in [1.82, 2.24) is 0 Å². The van der Waals surface area contributed by atoms with Gasteiger partial charge < -0.3 is 10.6 Å². The summed E-state index contributed by atoms with van der Waals surface area (Å²) in [6, 6.07) is 14.6. The monoisotopic (exact) mass is 284 g/mol. The number of rotatable bonds is 3. The minimum atomic E-state index is 0.618. The van der Waals surface area contributed by atoms with Crippen molar-refractivity contribution in [3.63, 3.8) is 0 Å². The Morgan fingerprint density at radius 3 is 2.60 bits per heavy atom. The van der Waals surface area contributed by atoms with Gasteiger partial charge in [-0.3, -0.25) is 0 Å². The molecule has 0 atom stereocenters. The molecule has 0 aromatic heterocycles. The van der Waals surface area contributed by atoms with E-state index in [2.05, 4.69) is 61.7 Å². The number of thiocarbonyl (C=S) groups is 1. The van der Waals surface area contributed by atoms with Gasteiger partial charge in [-0.1, -0.05) is 31.2 Å². The van der Waals surface area contributed by atoms with Crippen molar-refractivity contribution in [2.75, 3.05) is 10.6 Å². The van der Waals surface area contributed by atoms with E-state index >= 15 is 0 Å². The van der Waals surface area contributed by atoms with Crippen LogP contribution < -0.4 is 10.6 Å². The molecule has 0 unspecified atom stereocenters. The van der Waals surface area contributed by atoms with Gasteiger partial charge in [0.25, 0.3) is 0 Å². The summed E-state index contributed by atoms with van der Waals surface area (Å²) in [5.41, 5.74) is 5.77. The molecule has 0 aliphatic heterocycles. The molecule has 2 N–H and O–H groups in total. The molecular weight excluding hydrogens is 264 g/mol. The van der Waals surface area contributed by atoms with Gasteiger partial charge in [-0.05, 0) is 67.4 Å². The predicted molar refractivity (Wildman–Crippen MR) is 91.6 cm³/mol. The third kappa shape index (κ3) is 3.81. The van der Waals surface area contributed by atoms with E-state index in [1.54, 1.807) is 0 Å². The Hall–Kier alpha value is -1.87. The molecule has 0 bridgehead atoms. The molecule has 2 aromatic rings. The van der Waals surface area contributed by atoms with E-state index in [1.807, 2.05) is 12.1 Å². The van der Waals surface area contributed by atoms with Gasteiger partial charge >= 0.3 is 0 Å². The summed E-state index contributed by atoms with van der Waals surface area (Å²) < 4.78 is 0. The van der Waals surface area contributed by atoms with E-state index in [0.29, 0.717) is 5.11 Å². The quantitative estimate of drug-likeness (QED) is 0.801. The van der Waals surface area contributed by atoms with Crippen molar-refractivity contribution in [1.29, 1.82) is 0 Å². The van der Waals surface area contributed by atoms with Gasteiger partial charge in [0.15, 0.2) is 5.11 Å². The zero-order valence-corrected chi connectivity index (χ0v) is 13.0. The van der Waals surface area contributed by atoms with Crippen LogP contribution in [0.2, 0.25) is 0 Å². The normalized spacial score (nSPS) is 10.2. The fourth-order valence-electron chi connectivity index (χ4n) is 2.02. The topological polar surface area (TPSA) is 24.1 Å². The average molecular weight is 284 g/mol. The molecule has 0 amide bonds. The fraction of sp³-hybridized carbons (Fsp3) is 0.235. The molecule has 104 valence electrons. The number of benzene rings is 2. The number of hydrogen-bond acceptors (Lipinski definition) is 1. The zero-order chi connectivity index (χ0) is 14.5. The van der Waals surface area contributed by atoms with Gasteiger partial charge in [-0.25, -0.2) is 0 Å². The molecule has 0 aliphatic rings. The first kappa shape index (κ1) is 14.5. The van der Waals surface area contributed by atoms with Crippen LogP contribution in [-0.4, -0.2) is 5.11 Å². The molecule has 0 spiro atoms. The third-order valence-corrected chi connectivity index (χ3v) is 3.44. The van der Waals surface area contributed by atoms with Crippen molar-refractivity contribution in [3.05, 3.63) is 59.2 Å². The summed E-state index contributed by atoms with van der Waals surface area (Å²) in [5.74, 6) is 0. The zero-order valence-electron chi connectivity index (χ0n) is 12.2. The lowest BCUT2D eigenvalue weighted by atomic mass is 10.1. The van der Waals surface area contributed by atoms with Gasteiger partial charge in [0.1, 0.15) is 0 Å². The van der Waals surface area contributed by atoms with E-state index < -0.39 is 0 Å². The highest BCUT2D eigenvalue weighted by atomic mass is 32.1. The van der Waals surface area contributed by atoms with E-state index in [9.17, 15) is 0 Å². The summed E-state index contributed by atoms with van der Waals surface area (Å²) in [6.07, 6.45) is 1.02. The van der Waals surface area contributed by atoms with E-state index in [0.717, 1.165) is 17.8 Å². The highest BCUT2D eigenvalue weighted by Crippen LogP contribution is 2.17. The smallest absolute Gasteiger partial charge is 0.175 e. The maximum absolute atomic E-state index is 5.38. The molecule has 0 fully saturated rings.